The molecule has 0 saturated carbocycles. The molecule has 0 aliphatic carbocycles. The number of aryl methyl sites for hydroxylation is 1. The van der Waals surface area contributed by atoms with Gasteiger partial charge >= 0.3 is 11.9 Å². The monoisotopic (exact) mass is 512 g/mol. The minimum Gasteiger partial charge on any atom is -0.480 e. The van der Waals surface area contributed by atoms with Crippen LogP contribution in [0.1, 0.15) is 44.1 Å². The second kappa shape index (κ2) is 15.3. The Morgan fingerprint density at radius 2 is 1.54 bits per heavy atom. The number of carboxylic acid groups (broad SMARTS) is 2. The minimum atomic E-state index is -0.955. The Kier molecular flexibility index (Phi) is 12.9. The summed E-state index contributed by atoms with van der Waals surface area (Å²) in [5.74, 6) is -1.06. The lowest BCUT2D eigenvalue weighted by molar-refractivity contribution is -0.139. The molecule has 2 atom stereocenters. The lowest BCUT2D eigenvalue weighted by Crippen LogP contribution is -2.45. The molecular weight excluding hydrogens is 471 g/mol. The highest BCUT2D eigenvalue weighted by atomic mass is 31.1. The van der Waals surface area contributed by atoms with Crippen LogP contribution < -0.4 is 21.5 Å². The number of unbranched alkanes of at least 4 members (excludes halogenated alkanes) is 2. The molecule has 0 aromatic heterocycles. The molecule has 0 bridgehead atoms. The summed E-state index contributed by atoms with van der Waals surface area (Å²) >= 11 is 0. The first kappa shape index (κ1) is 29.4. The molecule has 1 aliphatic heterocycles. The van der Waals surface area contributed by atoms with Crippen molar-refractivity contribution in [3.63, 3.8) is 0 Å². The van der Waals surface area contributed by atoms with Crippen molar-refractivity contribution in [3.8, 4) is 5.75 Å². The normalized spacial score (nSPS) is 18.8. The number of hydrogen-bond acceptors (Lipinski definition) is 8. The van der Waals surface area contributed by atoms with E-state index >= 15 is 0 Å². The molecule has 1 saturated heterocycles. The van der Waals surface area contributed by atoms with E-state index in [4.69, 9.17) is 31.2 Å². The predicted molar refractivity (Wildman–Crippen MR) is 137 cm³/mol. The zero-order valence-corrected chi connectivity index (χ0v) is 21.8. The Hall–Kier alpha value is -1.81. The first-order chi connectivity index (χ1) is 16.7. The van der Waals surface area contributed by atoms with E-state index in [-0.39, 0.29) is 6.79 Å². The second-order valence-electron chi connectivity index (χ2n) is 9.16. The molecular formula is C24H41N4O6P. The van der Waals surface area contributed by atoms with Crippen LogP contribution in [0.2, 0.25) is 0 Å². The van der Waals surface area contributed by atoms with E-state index in [9.17, 15) is 9.59 Å². The van der Waals surface area contributed by atoms with Crippen LogP contribution in [0.5, 0.6) is 5.75 Å². The summed E-state index contributed by atoms with van der Waals surface area (Å²) in [5.41, 5.74) is 12.5. The van der Waals surface area contributed by atoms with Crippen molar-refractivity contribution >= 4 is 25.2 Å². The molecule has 11 heteroatoms. The molecule has 1 aromatic rings. The Morgan fingerprint density at radius 1 is 1.00 bits per heavy atom. The van der Waals surface area contributed by atoms with Crippen molar-refractivity contribution in [2.75, 3.05) is 46.2 Å². The molecule has 198 valence electrons. The Morgan fingerprint density at radius 3 is 2.03 bits per heavy atom. The van der Waals surface area contributed by atoms with Crippen molar-refractivity contribution < 1.29 is 29.3 Å². The molecule has 6 N–H and O–H groups in total. The van der Waals surface area contributed by atoms with E-state index in [1.807, 2.05) is 12.1 Å². The van der Waals surface area contributed by atoms with Gasteiger partial charge in [-0.15, -0.1) is 0 Å². The van der Waals surface area contributed by atoms with Crippen molar-refractivity contribution in [1.29, 1.82) is 0 Å². The number of rotatable bonds is 16. The van der Waals surface area contributed by atoms with E-state index in [0.717, 1.165) is 63.8 Å². The maximum atomic E-state index is 11.0. The highest BCUT2D eigenvalue weighted by Crippen LogP contribution is 2.42. The third-order valence-electron chi connectivity index (χ3n) is 6.04. The van der Waals surface area contributed by atoms with Gasteiger partial charge in [-0.1, -0.05) is 24.5 Å². The summed E-state index contributed by atoms with van der Waals surface area (Å²) in [6.45, 7) is 4.84. The summed E-state index contributed by atoms with van der Waals surface area (Å²) < 4.78 is 11.0. The largest absolute Gasteiger partial charge is 0.480 e. The quantitative estimate of drug-likeness (QED) is 0.146. The van der Waals surface area contributed by atoms with Gasteiger partial charge in [-0.05, 0) is 65.8 Å². The first-order valence-electron chi connectivity index (χ1n) is 12.1. The predicted octanol–water partition coefficient (Wildman–Crippen LogP) is 1.74. The van der Waals surface area contributed by atoms with Gasteiger partial charge in [-0.25, -0.2) is 0 Å². The van der Waals surface area contributed by atoms with Gasteiger partial charge in [0.1, 0.15) is 17.8 Å². The summed E-state index contributed by atoms with van der Waals surface area (Å²) in [6, 6.07) is 4.64. The highest BCUT2D eigenvalue weighted by Gasteiger charge is 2.28. The average molecular weight is 513 g/mol. The van der Waals surface area contributed by atoms with Gasteiger partial charge in [0.15, 0.2) is 6.79 Å². The SMILES string of the molecule is COCOc1ccc(C)cc1P1CN(CCCCC(N)C(=O)O)CN(CCCCC(N)C(=O)O)C1. The Bertz CT molecular complexity index is 778. The number of benzene rings is 1. The van der Waals surface area contributed by atoms with Crippen LogP contribution in [0.4, 0.5) is 0 Å². The molecule has 1 heterocycles. The smallest absolute Gasteiger partial charge is 0.320 e. The summed E-state index contributed by atoms with van der Waals surface area (Å²) in [4.78, 5) is 26.8. The summed E-state index contributed by atoms with van der Waals surface area (Å²) in [5, 5.41) is 19.2. The molecule has 1 aliphatic rings. The van der Waals surface area contributed by atoms with Crippen molar-refractivity contribution in [2.24, 2.45) is 11.5 Å². The van der Waals surface area contributed by atoms with Crippen molar-refractivity contribution in [2.45, 2.75) is 57.5 Å². The first-order valence-corrected chi connectivity index (χ1v) is 13.8. The summed E-state index contributed by atoms with van der Waals surface area (Å²) in [6.07, 6.45) is 6.11. The number of hydrogen-bond donors (Lipinski definition) is 4. The third-order valence-corrected chi connectivity index (χ3v) is 8.56. The standard InChI is InChI=1S/C24H41N4O6P/c1-18-9-10-21(34-17-33-2)22(13-18)35-15-27(11-5-3-7-19(25)23(29)30)14-28(16-35)12-6-4-8-20(26)24(31)32/h9-10,13,19-20H,3-8,11-12,14-17,25-26H2,1-2H3,(H,29,30)(H,31,32). The van der Waals surface area contributed by atoms with Gasteiger partial charge in [0.2, 0.25) is 0 Å². The van der Waals surface area contributed by atoms with Crippen molar-refractivity contribution in [1.82, 2.24) is 9.80 Å². The van der Waals surface area contributed by atoms with Gasteiger partial charge in [0.25, 0.3) is 0 Å². The van der Waals surface area contributed by atoms with E-state index < -0.39 is 31.9 Å². The lowest BCUT2D eigenvalue weighted by atomic mass is 10.1. The van der Waals surface area contributed by atoms with Crippen LogP contribution in [0, 0.1) is 6.92 Å². The van der Waals surface area contributed by atoms with Crippen LogP contribution in [0.25, 0.3) is 0 Å². The van der Waals surface area contributed by atoms with E-state index in [2.05, 4.69) is 22.8 Å². The lowest BCUT2D eigenvalue weighted by Gasteiger charge is -2.41. The van der Waals surface area contributed by atoms with E-state index in [1.54, 1.807) is 7.11 Å². The van der Waals surface area contributed by atoms with Crippen LogP contribution in [0.3, 0.4) is 0 Å². The molecule has 1 fully saturated rings. The van der Waals surface area contributed by atoms with Crippen molar-refractivity contribution in [3.05, 3.63) is 23.8 Å². The number of methoxy groups -OCH3 is 1. The van der Waals surface area contributed by atoms with Gasteiger partial charge in [0, 0.05) is 25.0 Å². The fraction of sp³-hybridized carbons (Fsp3) is 0.667. The van der Waals surface area contributed by atoms with Crippen LogP contribution >= 0.6 is 7.92 Å². The molecule has 10 nitrogen and oxygen atoms in total. The third kappa shape index (κ3) is 10.4. The molecule has 0 spiro atoms. The second-order valence-corrected chi connectivity index (χ2v) is 11.3. The molecule has 2 rings (SSSR count). The van der Waals surface area contributed by atoms with E-state index in [0.29, 0.717) is 12.8 Å². The maximum Gasteiger partial charge on any atom is 0.320 e. The molecule has 1 aromatic carbocycles. The fourth-order valence-corrected chi connectivity index (χ4v) is 6.76. The van der Waals surface area contributed by atoms with E-state index in [1.165, 1.54) is 10.9 Å². The number of carboxylic acids is 2. The van der Waals surface area contributed by atoms with Gasteiger partial charge in [-0.3, -0.25) is 19.4 Å². The Labute approximate surface area is 209 Å². The minimum absolute atomic E-state index is 0.195. The van der Waals surface area contributed by atoms with Gasteiger partial charge < -0.3 is 31.2 Å². The van der Waals surface area contributed by atoms with Crippen LogP contribution in [-0.2, 0) is 14.3 Å². The molecule has 2 unspecified atom stereocenters. The fourth-order valence-electron chi connectivity index (χ4n) is 4.10. The number of nitrogens with zero attached hydrogens (tertiary/aromatic N) is 2. The molecule has 0 radical (unpaired) electrons. The molecule has 0 amide bonds. The Balaban J connectivity index is 2.04. The number of ether oxygens (including phenoxy) is 2. The van der Waals surface area contributed by atoms with Crippen LogP contribution in [-0.4, -0.2) is 90.3 Å². The van der Waals surface area contributed by atoms with Gasteiger partial charge in [0.05, 0.1) is 6.67 Å². The van der Waals surface area contributed by atoms with Crippen LogP contribution in [0.15, 0.2) is 18.2 Å². The number of nitrogens with two attached hydrogens (primary N) is 2. The highest BCUT2D eigenvalue weighted by molar-refractivity contribution is 7.65. The van der Waals surface area contributed by atoms with Gasteiger partial charge in [-0.2, -0.15) is 0 Å². The number of aliphatic carboxylic acids is 2. The average Bonchev–Trinajstić information content (AvgIpc) is 2.83. The number of carbonyl (C=O) groups is 2. The topological polar surface area (TPSA) is 152 Å². The molecule has 35 heavy (non-hydrogen) atoms. The summed E-state index contributed by atoms with van der Waals surface area (Å²) in [7, 11) is 1.05. The zero-order chi connectivity index (χ0) is 25.8. The maximum absolute atomic E-state index is 11.0. The zero-order valence-electron chi connectivity index (χ0n) is 20.9.